The van der Waals surface area contributed by atoms with Gasteiger partial charge in [-0.05, 0) is 42.7 Å². The van der Waals surface area contributed by atoms with Crippen LogP contribution in [0, 0.1) is 0 Å². The minimum absolute atomic E-state index is 0.0841. The molecule has 0 saturated carbocycles. The standard InChI is InChI=1S/C20H16N2O5/c21-18-12-9-8-11(4-3-7-16(23)24)10-15(12)27-20(25)17(18)19-22-13-5-1-2-6-14(13)26-19/h1-2,5-6,8-10H,3-4,7,21H2,(H,23,24). The number of hydrogen-bond donors (Lipinski definition) is 2. The lowest BCUT2D eigenvalue weighted by Gasteiger charge is -2.07. The van der Waals surface area contributed by atoms with Crippen molar-refractivity contribution in [3.63, 3.8) is 0 Å². The molecule has 27 heavy (non-hydrogen) atoms. The van der Waals surface area contributed by atoms with E-state index in [9.17, 15) is 9.59 Å². The Bertz CT molecular complexity index is 1190. The first-order chi connectivity index (χ1) is 13.0. The highest BCUT2D eigenvalue weighted by Gasteiger charge is 2.19. The quantitative estimate of drug-likeness (QED) is 0.519. The number of nitrogens with two attached hydrogens (primary N) is 1. The number of benzene rings is 2. The number of aliphatic carboxylic acids is 1. The average Bonchev–Trinajstić information content (AvgIpc) is 3.04. The minimum Gasteiger partial charge on any atom is -0.481 e. The number of carboxylic acids is 1. The summed E-state index contributed by atoms with van der Waals surface area (Å²) in [5.41, 5.74) is 8.34. The molecule has 4 aromatic rings. The van der Waals surface area contributed by atoms with E-state index in [4.69, 9.17) is 19.7 Å². The Hall–Kier alpha value is -3.61. The summed E-state index contributed by atoms with van der Waals surface area (Å²) in [6.45, 7) is 0. The van der Waals surface area contributed by atoms with E-state index in [0.717, 1.165) is 5.56 Å². The van der Waals surface area contributed by atoms with Crippen molar-refractivity contribution >= 4 is 33.7 Å². The van der Waals surface area contributed by atoms with Crippen LogP contribution in [0.3, 0.4) is 0 Å². The van der Waals surface area contributed by atoms with Gasteiger partial charge in [0, 0.05) is 11.8 Å². The number of nitrogens with zero attached hydrogens (tertiary/aromatic N) is 1. The predicted octanol–water partition coefficient (Wildman–Crippen LogP) is 3.59. The molecule has 0 aliphatic heterocycles. The lowest BCUT2D eigenvalue weighted by Crippen LogP contribution is -2.08. The Morgan fingerprint density at radius 2 is 1.93 bits per heavy atom. The molecule has 0 unspecified atom stereocenters. The number of hydrogen-bond acceptors (Lipinski definition) is 6. The molecule has 2 aromatic heterocycles. The maximum Gasteiger partial charge on any atom is 0.351 e. The zero-order chi connectivity index (χ0) is 19.0. The normalized spacial score (nSPS) is 11.3. The van der Waals surface area contributed by atoms with Gasteiger partial charge < -0.3 is 19.7 Å². The fraction of sp³-hybridized carbons (Fsp3) is 0.150. The van der Waals surface area contributed by atoms with E-state index < -0.39 is 11.6 Å². The second kappa shape index (κ2) is 6.60. The first-order valence-corrected chi connectivity index (χ1v) is 8.46. The van der Waals surface area contributed by atoms with Crippen LogP contribution in [0.2, 0.25) is 0 Å². The summed E-state index contributed by atoms with van der Waals surface area (Å²) >= 11 is 0. The van der Waals surface area contributed by atoms with Crippen molar-refractivity contribution in [1.29, 1.82) is 0 Å². The lowest BCUT2D eigenvalue weighted by molar-refractivity contribution is -0.137. The van der Waals surface area contributed by atoms with Gasteiger partial charge in [-0.2, -0.15) is 0 Å². The highest BCUT2D eigenvalue weighted by molar-refractivity contribution is 5.96. The Morgan fingerprint density at radius 1 is 1.11 bits per heavy atom. The van der Waals surface area contributed by atoms with Gasteiger partial charge in [-0.1, -0.05) is 18.2 Å². The van der Waals surface area contributed by atoms with Gasteiger partial charge in [-0.3, -0.25) is 4.79 Å². The summed E-state index contributed by atoms with van der Waals surface area (Å²) in [7, 11) is 0. The van der Waals surface area contributed by atoms with E-state index >= 15 is 0 Å². The molecule has 7 heteroatoms. The summed E-state index contributed by atoms with van der Waals surface area (Å²) in [6.07, 6.45) is 1.15. The van der Waals surface area contributed by atoms with Gasteiger partial charge in [0.15, 0.2) is 5.58 Å². The maximum atomic E-state index is 12.5. The Morgan fingerprint density at radius 3 is 2.70 bits per heavy atom. The van der Waals surface area contributed by atoms with Crippen LogP contribution < -0.4 is 11.4 Å². The van der Waals surface area contributed by atoms with Gasteiger partial charge in [0.1, 0.15) is 16.7 Å². The second-order valence-corrected chi connectivity index (χ2v) is 6.24. The van der Waals surface area contributed by atoms with Gasteiger partial charge in [-0.15, -0.1) is 0 Å². The van der Waals surface area contributed by atoms with E-state index in [1.165, 1.54) is 0 Å². The molecule has 3 N–H and O–H groups in total. The molecule has 0 amide bonds. The SMILES string of the molecule is Nc1c(-c2nc3ccccc3o2)c(=O)oc2cc(CCCC(=O)O)ccc12. The molecule has 2 heterocycles. The molecule has 0 fully saturated rings. The second-order valence-electron chi connectivity index (χ2n) is 6.24. The Labute approximate surface area is 153 Å². The fourth-order valence-electron chi connectivity index (χ4n) is 3.05. The molecule has 4 rings (SSSR count). The van der Waals surface area contributed by atoms with Crippen LogP contribution in [0.1, 0.15) is 18.4 Å². The van der Waals surface area contributed by atoms with Crippen molar-refractivity contribution in [1.82, 2.24) is 4.98 Å². The third kappa shape index (κ3) is 3.15. The minimum atomic E-state index is -0.838. The third-order valence-electron chi connectivity index (χ3n) is 4.38. The highest BCUT2D eigenvalue weighted by Crippen LogP contribution is 2.31. The molecule has 7 nitrogen and oxygen atoms in total. The van der Waals surface area contributed by atoms with Gasteiger partial charge in [-0.25, -0.2) is 9.78 Å². The number of fused-ring (bicyclic) bond motifs is 2. The zero-order valence-electron chi connectivity index (χ0n) is 14.3. The average molecular weight is 364 g/mol. The van der Waals surface area contributed by atoms with E-state index in [-0.39, 0.29) is 23.6 Å². The topological polar surface area (TPSA) is 120 Å². The molecule has 0 spiro atoms. The fourth-order valence-corrected chi connectivity index (χ4v) is 3.05. The van der Waals surface area contributed by atoms with Crippen LogP contribution in [-0.4, -0.2) is 16.1 Å². The van der Waals surface area contributed by atoms with Gasteiger partial charge in [0.2, 0.25) is 5.89 Å². The third-order valence-corrected chi connectivity index (χ3v) is 4.38. The van der Waals surface area contributed by atoms with E-state index in [2.05, 4.69) is 4.98 Å². The van der Waals surface area contributed by atoms with Gasteiger partial charge in [0.25, 0.3) is 0 Å². The maximum absolute atomic E-state index is 12.5. The van der Waals surface area contributed by atoms with Crippen LogP contribution in [-0.2, 0) is 11.2 Å². The van der Waals surface area contributed by atoms with Crippen LogP contribution in [0.15, 0.2) is 56.1 Å². The number of oxazole rings is 1. The van der Waals surface area contributed by atoms with Crippen molar-refractivity contribution in [3.05, 3.63) is 58.4 Å². The van der Waals surface area contributed by atoms with Crippen molar-refractivity contribution in [2.24, 2.45) is 0 Å². The molecule has 0 aliphatic rings. The number of carbonyl (C=O) groups is 1. The number of aromatic nitrogens is 1. The van der Waals surface area contributed by atoms with Crippen molar-refractivity contribution in [2.45, 2.75) is 19.3 Å². The monoisotopic (exact) mass is 364 g/mol. The van der Waals surface area contributed by atoms with Gasteiger partial charge in [0.05, 0.1) is 5.69 Å². The number of carboxylic acid groups (broad SMARTS) is 1. The van der Waals surface area contributed by atoms with Crippen LogP contribution in [0.4, 0.5) is 5.69 Å². The molecule has 0 aliphatic carbocycles. The van der Waals surface area contributed by atoms with Gasteiger partial charge >= 0.3 is 11.6 Å². The van der Waals surface area contributed by atoms with E-state index in [1.54, 1.807) is 24.3 Å². The summed E-state index contributed by atoms with van der Waals surface area (Å²) in [5, 5.41) is 9.31. The summed E-state index contributed by atoms with van der Waals surface area (Å²) in [5.74, 6) is -0.718. The molecule has 0 atom stereocenters. The lowest BCUT2D eigenvalue weighted by atomic mass is 10.0. The highest BCUT2D eigenvalue weighted by atomic mass is 16.4. The first-order valence-electron chi connectivity index (χ1n) is 8.46. The van der Waals surface area contributed by atoms with Crippen molar-refractivity contribution in [2.75, 3.05) is 5.73 Å². The zero-order valence-corrected chi connectivity index (χ0v) is 14.3. The summed E-state index contributed by atoms with van der Waals surface area (Å²) < 4.78 is 11.1. The predicted molar refractivity (Wildman–Crippen MR) is 100 cm³/mol. The molecule has 0 saturated heterocycles. The van der Waals surface area contributed by atoms with E-state index in [1.807, 2.05) is 18.2 Å². The number of anilines is 1. The number of nitrogen functional groups attached to an aromatic ring is 1. The number of aryl methyl sites for hydroxylation is 1. The molecule has 0 bridgehead atoms. The molecule has 2 aromatic carbocycles. The van der Waals surface area contributed by atoms with Crippen LogP contribution >= 0.6 is 0 Å². The molecular weight excluding hydrogens is 348 g/mol. The van der Waals surface area contributed by atoms with Crippen LogP contribution in [0.5, 0.6) is 0 Å². The summed E-state index contributed by atoms with van der Waals surface area (Å²) in [4.78, 5) is 27.5. The number of rotatable bonds is 5. The molecule has 0 radical (unpaired) electrons. The van der Waals surface area contributed by atoms with E-state index in [0.29, 0.717) is 34.9 Å². The smallest absolute Gasteiger partial charge is 0.351 e. The molecule has 136 valence electrons. The Balaban J connectivity index is 1.77. The van der Waals surface area contributed by atoms with Crippen molar-refractivity contribution in [3.8, 4) is 11.5 Å². The Kier molecular flexibility index (Phi) is 4.12. The number of para-hydroxylation sites is 2. The summed E-state index contributed by atoms with van der Waals surface area (Å²) in [6, 6.07) is 12.5. The largest absolute Gasteiger partial charge is 0.481 e. The van der Waals surface area contributed by atoms with Crippen molar-refractivity contribution < 1.29 is 18.7 Å². The molecular formula is C20H16N2O5. The first kappa shape index (κ1) is 16.8. The van der Waals surface area contributed by atoms with Crippen LogP contribution in [0.25, 0.3) is 33.5 Å².